The molecule has 0 aromatic heterocycles. The molecular weight excluding hydrogens is 378 g/mol. The van der Waals surface area contributed by atoms with Gasteiger partial charge in [0.2, 0.25) is 5.91 Å². The average Bonchev–Trinajstić information content (AvgIpc) is 2.67. The van der Waals surface area contributed by atoms with Gasteiger partial charge in [-0.05, 0) is 50.9 Å². The summed E-state index contributed by atoms with van der Waals surface area (Å²) in [7, 11) is 2.14. The number of ether oxygens (including phenoxy) is 2. The lowest BCUT2D eigenvalue weighted by atomic mass is 9.96. The zero-order valence-electron chi connectivity index (χ0n) is 17.4. The van der Waals surface area contributed by atoms with Crippen LogP contribution >= 0.6 is 12.4 Å². The van der Waals surface area contributed by atoms with Crippen LogP contribution in [0, 0.1) is 0 Å². The van der Waals surface area contributed by atoms with Gasteiger partial charge in [-0.15, -0.1) is 12.4 Å². The van der Waals surface area contributed by atoms with E-state index in [1.165, 1.54) is 0 Å². The van der Waals surface area contributed by atoms with E-state index in [-0.39, 0.29) is 18.3 Å². The van der Waals surface area contributed by atoms with Crippen LogP contribution in [0.4, 0.5) is 0 Å². The van der Waals surface area contributed by atoms with Crippen molar-refractivity contribution in [3.05, 3.63) is 29.8 Å². The molecule has 7 heteroatoms. The Labute approximate surface area is 175 Å². The first-order valence-electron chi connectivity index (χ1n) is 9.99. The van der Waals surface area contributed by atoms with E-state index < -0.39 is 5.54 Å². The molecule has 28 heavy (non-hydrogen) atoms. The number of benzene rings is 1. The van der Waals surface area contributed by atoms with Crippen molar-refractivity contribution in [2.45, 2.75) is 57.7 Å². The molecule has 0 bridgehead atoms. The molecule has 0 radical (unpaired) electrons. The monoisotopic (exact) mass is 413 g/mol. The summed E-state index contributed by atoms with van der Waals surface area (Å²) in [6, 6.07) is 8.44. The Kier molecular flexibility index (Phi) is 10.8. The summed E-state index contributed by atoms with van der Waals surface area (Å²) in [5, 5.41) is 2.93. The molecule has 0 spiro atoms. The Balaban J connectivity index is 0.00000392. The molecule has 1 heterocycles. The molecule has 0 aliphatic carbocycles. The van der Waals surface area contributed by atoms with Crippen LogP contribution in [0.1, 0.15) is 45.1 Å². The lowest BCUT2D eigenvalue weighted by Crippen LogP contribution is -2.51. The molecule has 1 atom stereocenters. The summed E-state index contributed by atoms with van der Waals surface area (Å²) in [6.07, 6.45) is 3.72. The van der Waals surface area contributed by atoms with Gasteiger partial charge in [0.1, 0.15) is 12.4 Å². The van der Waals surface area contributed by atoms with Crippen molar-refractivity contribution >= 4 is 18.3 Å². The summed E-state index contributed by atoms with van der Waals surface area (Å²) in [6.45, 7) is 7.48. The first-order valence-corrected chi connectivity index (χ1v) is 9.99. The van der Waals surface area contributed by atoms with Crippen LogP contribution < -0.4 is 15.8 Å². The fraction of sp³-hybridized carbons (Fsp3) is 0.667. The maximum atomic E-state index is 12.2. The number of nitrogens with zero attached hydrogens (tertiary/aromatic N) is 1. The summed E-state index contributed by atoms with van der Waals surface area (Å²) in [5.74, 6) is 0.708. The predicted molar refractivity (Wildman–Crippen MR) is 115 cm³/mol. The molecule has 1 aromatic rings. The zero-order chi connectivity index (χ0) is 19.7. The van der Waals surface area contributed by atoms with Crippen molar-refractivity contribution in [3.63, 3.8) is 0 Å². The van der Waals surface area contributed by atoms with Gasteiger partial charge in [0.15, 0.2) is 0 Å². The fourth-order valence-corrected chi connectivity index (χ4v) is 3.38. The van der Waals surface area contributed by atoms with Gasteiger partial charge in [-0.25, -0.2) is 0 Å². The van der Waals surface area contributed by atoms with Gasteiger partial charge in [0.25, 0.3) is 0 Å². The van der Waals surface area contributed by atoms with Crippen molar-refractivity contribution in [3.8, 4) is 5.75 Å². The molecule has 1 aliphatic rings. The highest BCUT2D eigenvalue weighted by molar-refractivity contribution is 5.85. The molecule has 1 fully saturated rings. The molecule has 1 amide bonds. The van der Waals surface area contributed by atoms with E-state index in [2.05, 4.69) is 17.3 Å². The lowest BCUT2D eigenvalue weighted by Gasteiger charge is -2.31. The minimum atomic E-state index is -0.822. The molecule has 1 aliphatic heterocycles. The van der Waals surface area contributed by atoms with Gasteiger partial charge in [0, 0.05) is 32.3 Å². The van der Waals surface area contributed by atoms with Gasteiger partial charge in [-0.1, -0.05) is 25.5 Å². The first-order chi connectivity index (χ1) is 12.9. The van der Waals surface area contributed by atoms with Gasteiger partial charge in [0.05, 0.1) is 5.54 Å². The van der Waals surface area contributed by atoms with Crippen LogP contribution in [-0.4, -0.2) is 55.8 Å². The third kappa shape index (κ3) is 7.95. The molecule has 1 saturated heterocycles. The highest BCUT2D eigenvalue weighted by Gasteiger charge is 2.26. The van der Waals surface area contributed by atoms with Gasteiger partial charge < -0.3 is 20.5 Å². The standard InChI is InChI=1S/C21H35N3O3.ClH/c1-4-10-21(2,22)20(25)23-16-17-6-5-7-19(15-17)27-14-11-24(3)18-8-12-26-13-9-18;/h5-7,15,18H,4,8-14,16,22H2,1-3H3,(H,23,25);1H. The second-order valence-corrected chi connectivity index (χ2v) is 7.67. The number of hydrogen-bond donors (Lipinski definition) is 2. The SMILES string of the molecule is CCCC(C)(N)C(=O)NCc1cccc(OCCN(C)C2CCOCC2)c1.Cl. The topological polar surface area (TPSA) is 76.8 Å². The molecule has 3 N–H and O–H groups in total. The molecular formula is C21H36ClN3O3. The van der Waals surface area contributed by atoms with Crippen molar-refractivity contribution in [1.29, 1.82) is 0 Å². The number of nitrogens with two attached hydrogens (primary N) is 1. The van der Waals surface area contributed by atoms with Crippen LogP contribution in [-0.2, 0) is 16.1 Å². The smallest absolute Gasteiger partial charge is 0.240 e. The van der Waals surface area contributed by atoms with Crippen molar-refractivity contribution < 1.29 is 14.3 Å². The summed E-state index contributed by atoms with van der Waals surface area (Å²) < 4.78 is 11.3. The first kappa shape index (κ1) is 24.7. The van der Waals surface area contributed by atoms with Crippen LogP contribution in [0.5, 0.6) is 5.75 Å². The van der Waals surface area contributed by atoms with E-state index in [0.29, 0.717) is 25.6 Å². The van der Waals surface area contributed by atoms with E-state index in [9.17, 15) is 4.79 Å². The summed E-state index contributed by atoms with van der Waals surface area (Å²) in [5.41, 5.74) is 6.25. The van der Waals surface area contributed by atoms with E-state index in [1.54, 1.807) is 6.92 Å². The van der Waals surface area contributed by atoms with E-state index in [1.807, 2.05) is 31.2 Å². The maximum absolute atomic E-state index is 12.2. The number of nitrogens with one attached hydrogen (secondary N) is 1. The molecule has 1 unspecified atom stereocenters. The Morgan fingerprint density at radius 3 is 2.79 bits per heavy atom. The number of hydrogen-bond acceptors (Lipinski definition) is 5. The van der Waals surface area contributed by atoms with Crippen molar-refractivity contribution in [2.75, 3.05) is 33.4 Å². The number of likely N-dealkylation sites (N-methyl/N-ethyl adjacent to an activating group) is 1. The fourth-order valence-electron chi connectivity index (χ4n) is 3.38. The van der Waals surface area contributed by atoms with Crippen molar-refractivity contribution in [1.82, 2.24) is 10.2 Å². The number of carbonyl (C=O) groups excluding carboxylic acids is 1. The normalized spacial score (nSPS) is 16.9. The molecule has 0 saturated carbocycles. The highest BCUT2D eigenvalue weighted by Crippen LogP contribution is 2.16. The highest BCUT2D eigenvalue weighted by atomic mass is 35.5. The van der Waals surface area contributed by atoms with Crippen LogP contribution in [0.15, 0.2) is 24.3 Å². The third-order valence-corrected chi connectivity index (χ3v) is 5.17. The minimum Gasteiger partial charge on any atom is -0.492 e. The van der Waals surface area contributed by atoms with Crippen LogP contribution in [0.3, 0.4) is 0 Å². The Hall–Kier alpha value is -1.34. The maximum Gasteiger partial charge on any atom is 0.240 e. The molecule has 2 rings (SSSR count). The third-order valence-electron chi connectivity index (χ3n) is 5.17. The van der Waals surface area contributed by atoms with Crippen LogP contribution in [0.2, 0.25) is 0 Å². The Morgan fingerprint density at radius 1 is 1.39 bits per heavy atom. The second-order valence-electron chi connectivity index (χ2n) is 7.67. The summed E-state index contributed by atoms with van der Waals surface area (Å²) in [4.78, 5) is 14.6. The number of carbonyl (C=O) groups is 1. The van der Waals surface area contributed by atoms with E-state index >= 15 is 0 Å². The molecule has 1 aromatic carbocycles. The Morgan fingerprint density at radius 2 is 2.11 bits per heavy atom. The van der Waals surface area contributed by atoms with E-state index in [0.717, 1.165) is 50.3 Å². The molecule has 6 nitrogen and oxygen atoms in total. The van der Waals surface area contributed by atoms with Gasteiger partial charge in [-0.3, -0.25) is 9.69 Å². The average molecular weight is 414 g/mol. The number of halogens is 1. The van der Waals surface area contributed by atoms with Gasteiger partial charge in [-0.2, -0.15) is 0 Å². The number of rotatable bonds is 10. The predicted octanol–water partition coefficient (Wildman–Crippen LogP) is 2.73. The van der Waals surface area contributed by atoms with Gasteiger partial charge >= 0.3 is 0 Å². The largest absolute Gasteiger partial charge is 0.492 e. The Bertz CT molecular complexity index is 592. The number of amides is 1. The lowest BCUT2D eigenvalue weighted by molar-refractivity contribution is -0.126. The van der Waals surface area contributed by atoms with E-state index in [4.69, 9.17) is 15.2 Å². The van der Waals surface area contributed by atoms with Crippen molar-refractivity contribution in [2.24, 2.45) is 5.73 Å². The van der Waals surface area contributed by atoms with Crippen LogP contribution in [0.25, 0.3) is 0 Å². The minimum absolute atomic E-state index is 0. The second kappa shape index (κ2) is 12.3. The zero-order valence-corrected chi connectivity index (χ0v) is 18.2. The molecule has 160 valence electrons. The quantitative estimate of drug-likeness (QED) is 0.616. The summed E-state index contributed by atoms with van der Waals surface area (Å²) >= 11 is 0.